The lowest BCUT2D eigenvalue weighted by Crippen LogP contribution is -2.22. The molecule has 2 rings (SSSR count). The van der Waals surface area contributed by atoms with E-state index in [1.165, 1.54) is 6.08 Å². The average molecular weight is 331 g/mol. The second-order valence-corrected chi connectivity index (χ2v) is 8.11. The molecular formula is C14H19ClN2O3S. The molecule has 0 radical (unpaired) electrons. The number of halogens is 1. The molecule has 0 bridgehead atoms. The van der Waals surface area contributed by atoms with Gasteiger partial charge in [0.25, 0.3) is 0 Å². The molecule has 1 heterocycles. The molecule has 0 amide bonds. The van der Waals surface area contributed by atoms with Gasteiger partial charge in [-0.2, -0.15) is 4.98 Å². The van der Waals surface area contributed by atoms with Crippen molar-refractivity contribution in [2.45, 2.75) is 44.3 Å². The molecule has 116 valence electrons. The Morgan fingerprint density at radius 2 is 2.24 bits per heavy atom. The van der Waals surface area contributed by atoms with Crippen LogP contribution in [0.15, 0.2) is 23.3 Å². The highest BCUT2D eigenvalue weighted by Gasteiger charge is 2.30. The predicted octanol–water partition coefficient (Wildman–Crippen LogP) is 3.50. The van der Waals surface area contributed by atoms with Crippen molar-refractivity contribution in [2.75, 3.05) is 0 Å². The molecule has 5 nitrogen and oxygen atoms in total. The minimum atomic E-state index is -3.71. The van der Waals surface area contributed by atoms with E-state index in [9.17, 15) is 8.42 Å². The van der Waals surface area contributed by atoms with E-state index in [0.717, 1.165) is 18.4 Å². The summed E-state index contributed by atoms with van der Waals surface area (Å²) in [5.74, 6) is 1.29. The van der Waals surface area contributed by atoms with Crippen LogP contribution in [-0.2, 0) is 9.05 Å². The zero-order valence-corrected chi connectivity index (χ0v) is 13.7. The fourth-order valence-electron chi connectivity index (χ4n) is 2.23. The van der Waals surface area contributed by atoms with Crippen LogP contribution in [0.2, 0.25) is 0 Å². The summed E-state index contributed by atoms with van der Waals surface area (Å²) in [6, 6.07) is 0. The lowest BCUT2D eigenvalue weighted by molar-refractivity contribution is 0.377. The molecule has 0 N–H and O–H groups in total. The monoisotopic (exact) mass is 330 g/mol. The molecular weight excluding hydrogens is 312 g/mol. The minimum absolute atomic E-state index is 0.270. The van der Waals surface area contributed by atoms with E-state index in [4.69, 9.17) is 15.2 Å². The fourth-order valence-corrected chi connectivity index (χ4v) is 3.76. The van der Waals surface area contributed by atoms with E-state index in [1.807, 2.05) is 19.9 Å². The van der Waals surface area contributed by atoms with Crippen LogP contribution in [0.4, 0.5) is 0 Å². The van der Waals surface area contributed by atoms with Crippen molar-refractivity contribution in [3.05, 3.63) is 30.4 Å². The van der Waals surface area contributed by atoms with Crippen LogP contribution in [0.3, 0.4) is 0 Å². The molecule has 2 atom stereocenters. The van der Waals surface area contributed by atoms with Crippen LogP contribution in [0.5, 0.6) is 0 Å². The Hall–Kier alpha value is -1.14. The van der Waals surface area contributed by atoms with Gasteiger partial charge in [-0.25, -0.2) is 8.42 Å². The molecule has 1 aromatic rings. The molecule has 1 aromatic heterocycles. The Kier molecular flexibility index (Phi) is 4.88. The first kappa shape index (κ1) is 16.2. The van der Waals surface area contributed by atoms with Crippen LogP contribution >= 0.6 is 10.7 Å². The number of nitrogens with zero attached hydrogens (tertiary/aromatic N) is 2. The molecule has 0 saturated heterocycles. The molecule has 7 heteroatoms. The van der Waals surface area contributed by atoms with Gasteiger partial charge in [0.1, 0.15) is 0 Å². The topological polar surface area (TPSA) is 73.1 Å². The maximum atomic E-state index is 11.6. The Balaban J connectivity index is 2.22. The number of rotatable bonds is 7. The van der Waals surface area contributed by atoms with Crippen molar-refractivity contribution in [1.29, 1.82) is 0 Å². The summed E-state index contributed by atoms with van der Waals surface area (Å²) >= 11 is 0. The highest BCUT2D eigenvalue weighted by Crippen LogP contribution is 2.39. The van der Waals surface area contributed by atoms with Gasteiger partial charge in [0, 0.05) is 16.6 Å². The first-order valence-electron chi connectivity index (χ1n) is 6.95. The third-order valence-corrected chi connectivity index (χ3v) is 5.45. The third-order valence-electron chi connectivity index (χ3n) is 3.64. The molecule has 21 heavy (non-hydrogen) atoms. The Labute approximate surface area is 129 Å². The molecule has 1 aliphatic rings. The summed E-state index contributed by atoms with van der Waals surface area (Å²) in [5, 5.41) is 3.12. The number of aromatic nitrogens is 2. The summed E-state index contributed by atoms with van der Waals surface area (Å²) in [4.78, 5) is 4.35. The molecule has 0 spiro atoms. The van der Waals surface area contributed by atoms with Crippen molar-refractivity contribution >= 4 is 25.3 Å². The first-order valence-corrected chi connectivity index (χ1v) is 9.32. The van der Waals surface area contributed by atoms with Crippen molar-refractivity contribution < 1.29 is 12.9 Å². The molecule has 1 saturated carbocycles. The van der Waals surface area contributed by atoms with Gasteiger partial charge in [-0.15, -0.1) is 6.58 Å². The Morgan fingerprint density at radius 3 is 2.71 bits per heavy atom. The van der Waals surface area contributed by atoms with Crippen LogP contribution < -0.4 is 0 Å². The van der Waals surface area contributed by atoms with E-state index < -0.39 is 14.3 Å². The second-order valence-electron chi connectivity index (χ2n) is 5.33. The normalized spacial score (nSPS) is 19.3. The molecule has 0 aromatic carbocycles. The second kappa shape index (κ2) is 6.32. The summed E-state index contributed by atoms with van der Waals surface area (Å²) in [6.07, 6.45) is 5.99. The lowest BCUT2D eigenvalue weighted by atomic mass is 9.99. The molecule has 0 aliphatic heterocycles. The van der Waals surface area contributed by atoms with Crippen molar-refractivity contribution in [2.24, 2.45) is 5.92 Å². The van der Waals surface area contributed by atoms with Crippen LogP contribution in [-0.4, -0.2) is 23.8 Å². The predicted molar refractivity (Wildman–Crippen MR) is 82.5 cm³/mol. The van der Waals surface area contributed by atoms with Gasteiger partial charge in [-0.3, -0.25) is 0 Å². The number of hydrogen-bond acceptors (Lipinski definition) is 5. The highest BCUT2D eigenvalue weighted by atomic mass is 35.7. The fraction of sp³-hybridized carbons (Fsp3) is 0.571. The van der Waals surface area contributed by atoms with Crippen LogP contribution in [0.1, 0.15) is 50.7 Å². The largest absolute Gasteiger partial charge is 0.339 e. The summed E-state index contributed by atoms with van der Waals surface area (Å²) in [5.41, 5.74) is 0.782. The van der Waals surface area contributed by atoms with Gasteiger partial charge in [-0.1, -0.05) is 24.2 Å². The van der Waals surface area contributed by atoms with Crippen LogP contribution in [0, 0.1) is 5.92 Å². The maximum Gasteiger partial charge on any atom is 0.239 e. The van der Waals surface area contributed by atoms with Gasteiger partial charge in [0.05, 0.1) is 5.25 Å². The van der Waals surface area contributed by atoms with E-state index in [2.05, 4.69) is 16.7 Å². The van der Waals surface area contributed by atoms with Gasteiger partial charge in [0.15, 0.2) is 5.82 Å². The molecule has 1 fully saturated rings. The SMILES string of the molecule is C=CC(C(/C=C(\C)c1noc(C2CC2)n1)CC)S(=O)(=O)Cl. The van der Waals surface area contributed by atoms with E-state index >= 15 is 0 Å². The highest BCUT2D eigenvalue weighted by molar-refractivity contribution is 8.14. The zero-order chi connectivity index (χ0) is 15.6. The van der Waals surface area contributed by atoms with Gasteiger partial charge < -0.3 is 4.52 Å². The number of allylic oxidation sites excluding steroid dienone is 2. The minimum Gasteiger partial charge on any atom is -0.339 e. The lowest BCUT2D eigenvalue weighted by Gasteiger charge is -2.17. The molecule has 2 unspecified atom stereocenters. The maximum absolute atomic E-state index is 11.6. The van der Waals surface area contributed by atoms with Crippen molar-refractivity contribution in [3.8, 4) is 0 Å². The summed E-state index contributed by atoms with van der Waals surface area (Å²) in [6.45, 7) is 7.31. The van der Waals surface area contributed by atoms with Crippen molar-refractivity contribution in [1.82, 2.24) is 10.1 Å². The van der Waals surface area contributed by atoms with E-state index in [0.29, 0.717) is 24.1 Å². The summed E-state index contributed by atoms with van der Waals surface area (Å²) < 4.78 is 28.4. The first-order chi connectivity index (χ1) is 9.86. The Bertz CT molecular complexity index is 647. The standard InChI is InChI=1S/C14H19ClN2O3S/c1-4-10(12(5-2)21(15,18)19)8-9(3)13-16-14(20-17-13)11-6-7-11/h5,8,10-12H,2,4,6-7H2,1,3H3/b9-8+. The van der Waals surface area contributed by atoms with E-state index in [-0.39, 0.29) is 5.92 Å². The van der Waals surface area contributed by atoms with Gasteiger partial charge in [0.2, 0.25) is 14.9 Å². The quantitative estimate of drug-likeness (QED) is 0.565. The Morgan fingerprint density at radius 1 is 1.57 bits per heavy atom. The zero-order valence-electron chi connectivity index (χ0n) is 12.1. The average Bonchev–Trinajstić information content (AvgIpc) is 3.14. The van der Waals surface area contributed by atoms with E-state index in [1.54, 1.807) is 0 Å². The molecule has 1 aliphatic carbocycles. The van der Waals surface area contributed by atoms with Gasteiger partial charge >= 0.3 is 0 Å². The summed E-state index contributed by atoms with van der Waals surface area (Å²) in [7, 11) is 1.77. The third kappa shape index (κ3) is 3.95. The van der Waals surface area contributed by atoms with Gasteiger partial charge in [-0.05, 0) is 37.7 Å². The van der Waals surface area contributed by atoms with Crippen molar-refractivity contribution in [3.63, 3.8) is 0 Å². The number of hydrogen-bond donors (Lipinski definition) is 0. The van der Waals surface area contributed by atoms with Crippen LogP contribution in [0.25, 0.3) is 5.57 Å². The smallest absolute Gasteiger partial charge is 0.239 e.